The number of amides is 1. The van der Waals surface area contributed by atoms with Crippen LogP contribution >= 0.6 is 0 Å². The largest absolute Gasteiger partial charge is 0.381 e. The molecule has 1 saturated heterocycles. The van der Waals surface area contributed by atoms with Crippen LogP contribution in [-0.2, 0) is 4.74 Å². The Bertz CT molecular complexity index is 713. The Kier molecular flexibility index (Phi) is 6.76. The predicted molar refractivity (Wildman–Crippen MR) is 106 cm³/mol. The van der Waals surface area contributed by atoms with Crippen LogP contribution < -0.4 is 10.6 Å². The molecule has 27 heavy (non-hydrogen) atoms. The van der Waals surface area contributed by atoms with Gasteiger partial charge in [-0.25, -0.2) is 0 Å². The summed E-state index contributed by atoms with van der Waals surface area (Å²) < 4.78 is 5.32. The first-order valence-corrected chi connectivity index (χ1v) is 9.65. The van der Waals surface area contributed by atoms with Crippen molar-refractivity contribution in [2.45, 2.75) is 45.2 Å². The zero-order chi connectivity index (χ0) is 19.1. The number of aromatic nitrogens is 2. The standard InChI is InChI=1S/C21H28N4O2/c1-15(2)14-19(16-6-4-3-5-7-16)23-20-9-8-18(24-25-20)21(26)22-17-10-12-27-13-11-17/h3-9,15,17,19H,10-14H2,1-2H3,(H,22,26)(H,23,25). The van der Waals surface area contributed by atoms with E-state index in [1.807, 2.05) is 24.3 Å². The van der Waals surface area contributed by atoms with E-state index in [0.717, 1.165) is 19.3 Å². The van der Waals surface area contributed by atoms with Crippen molar-refractivity contribution in [3.63, 3.8) is 0 Å². The van der Waals surface area contributed by atoms with E-state index in [-0.39, 0.29) is 18.0 Å². The summed E-state index contributed by atoms with van der Waals surface area (Å²) >= 11 is 0. The van der Waals surface area contributed by atoms with Crippen molar-refractivity contribution in [1.82, 2.24) is 15.5 Å². The molecule has 2 N–H and O–H groups in total. The minimum Gasteiger partial charge on any atom is -0.381 e. The van der Waals surface area contributed by atoms with Crippen molar-refractivity contribution >= 4 is 11.7 Å². The van der Waals surface area contributed by atoms with Crippen LogP contribution in [0.15, 0.2) is 42.5 Å². The van der Waals surface area contributed by atoms with Crippen molar-refractivity contribution in [2.24, 2.45) is 5.92 Å². The number of nitrogens with zero attached hydrogens (tertiary/aromatic N) is 2. The van der Waals surface area contributed by atoms with Gasteiger partial charge in [-0.2, -0.15) is 0 Å². The Morgan fingerprint density at radius 3 is 2.48 bits per heavy atom. The number of anilines is 1. The second-order valence-electron chi connectivity index (χ2n) is 7.40. The molecule has 1 aliphatic rings. The van der Waals surface area contributed by atoms with Crippen LogP contribution in [0.1, 0.15) is 55.2 Å². The van der Waals surface area contributed by atoms with E-state index in [9.17, 15) is 4.79 Å². The lowest BCUT2D eigenvalue weighted by Crippen LogP contribution is -2.39. The molecular formula is C21H28N4O2. The van der Waals surface area contributed by atoms with Crippen LogP contribution in [-0.4, -0.2) is 35.4 Å². The lowest BCUT2D eigenvalue weighted by atomic mass is 9.97. The molecule has 1 unspecified atom stereocenters. The van der Waals surface area contributed by atoms with Gasteiger partial charge in [-0.15, -0.1) is 10.2 Å². The topological polar surface area (TPSA) is 76.1 Å². The molecule has 1 fully saturated rings. The van der Waals surface area contributed by atoms with Gasteiger partial charge in [-0.05, 0) is 42.9 Å². The van der Waals surface area contributed by atoms with Crippen LogP contribution in [0.2, 0.25) is 0 Å². The maximum atomic E-state index is 12.3. The molecule has 0 saturated carbocycles. The smallest absolute Gasteiger partial charge is 0.272 e. The van der Waals surface area contributed by atoms with Gasteiger partial charge in [0, 0.05) is 19.3 Å². The van der Waals surface area contributed by atoms with Gasteiger partial charge in [-0.1, -0.05) is 44.2 Å². The lowest BCUT2D eigenvalue weighted by molar-refractivity contribution is 0.0693. The zero-order valence-electron chi connectivity index (χ0n) is 16.0. The Morgan fingerprint density at radius 2 is 1.85 bits per heavy atom. The summed E-state index contributed by atoms with van der Waals surface area (Å²) in [7, 11) is 0. The Hall–Kier alpha value is -2.47. The minimum absolute atomic E-state index is 0.152. The first-order valence-electron chi connectivity index (χ1n) is 9.65. The van der Waals surface area contributed by atoms with Crippen LogP contribution in [0.5, 0.6) is 0 Å². The average molecular weight is 368 g/mol. The third-order valence-corrected chi connectivity index (χ3v) is 4.68. The fourth-order valence-electron chi connectivity index (χ4n) is 3.25. The third kappa shape index (κ3) is 5.76. The zero-order valence-corrected chi connectivity index (χ0v) is 16.0. The SMILES string of the molecule is CC(C)CC(Nc1ccc(C(=O)NC2CCOCC2)nn1)c1ccccc1. The molecule has 0 aliphatic carbocycles. The Labute approximate surface area is 160 Å². The van der Waals surface area contributed by atoms with Gasteiger partial charge in [0.25, 0.3) is 5.91 Å². The number of ether oxygens (including phenoxy) is 1. The highest BCUT2D eigenvalue weighted by Gasteiger charge is 2.19. The van der Waals surface area contributed by atoms with Crippen molar-refractivity contribution in [2.75, 3.05) is 18.5 Å². The van der Waals surface area contributed by atoms with Gasteiger partial charge in [0.2, 0.25) is 0 Å². The molecule has 1 aromatic heterocycles. The second kappa shape index (κ2) is 9.46. The summed E-state index contributed by atoms with van der Waals surface area (Å²) in [5.41, 5.74) is 1.56. The number of benzene rings is 1. The van der Waals surface area contributed by atoms with Gasteiger partial charge >= 0.3 is 0 Å². The molecule has 144 valence electrons. The molecule has 0 radical (unpaired) electrons. The summed E-state index contributed by atoms with van der Waals surface area (Å²) in [6.45, 7) is 5.78. The van der Waals surface area contributed by atoms with Crippen LogP contribution in [0.3, 0.4) is 0 Å². The minimum atomic E-state index is -0.178. The van der Waals surface area contributed by atoms with Gasteiger partial charge in [0.1, 0.15) is 5.82 Å². The van der Waals surface area contributed by atoms with Gasteiger partial charge < -0.3 is 15.4 Å². The molecule has 6 nitrogen and oxygen atoms in total. The maximum Gasteiger partial charge on any atom is 0.272 e. The van der Waals surface area contributed by atoms with Crippen molar-refractivity contribution in [1.29, 1.82) is 0 Å². The first-order chi connectivity index (χ1) is 13.1. The predicted octanol–water partition coefficient (Wildman–Crippen LogP) is 3.58. The van der Waals surface area contributed by atoms with E-state index >= 15 is 0 Å². The number of rotatable bonds is 7. The van der Waals surface area contributed by atoms with E-state index < -0.39 is 0 Å². The van der Waals surface area contributed by atoms with Gasteiger partial charge in [0.05, 0.1) is 6.04 Å². The van der Waals surface area contributed by atoms with E-state index in [1.54, 1.807) is 6.07 Å². The summed E-state index contributed by atoms with van der Waals surface area (Å²) in [6.07, 6.45) is 2.66. The van der Waals surface area contributed by atoms with Crippen molar-refractivity contribution in [3.8, 4) is 0 Å². The van der Waals surface area contributed by atoms with E-state index in [4.69, 9.17) is 4.74 Å². The fraction of sp³-hybridized carbons (Fsp3) is 0.476. The molecule has 3 rings (SSSR count). The number of nitrogens with one attached hydrogen (secondary N) is 2. The van der Waals surface area contributed by atoms with E-state index in [2.05, 4.69) is 46.8 Å². The second-order valence-corrected chi connectivity index (χ2v) is 7.40. The molecular weight excluding hydrogens is 340 g/mol. The summed E-state index contributed by atoms with van der Waals surface area (Å²) in [6, 6.07) is 14.2. The van der Waals surface area contributed by atoms with Crippen molar-refractivity contribution in [3.05, 3.63) is 53.7 Å². The number of carbonyl (C=O) groups excluding carboxylic acids is 1. The maximum absolute atomic E-state index is 12.3. The molecule has 2 aromatic rings. The first kappa shape index (κ1) is 19.3. The number of hydrogen-bond donors (Lipinski definition) is 2. The molecule has 0 spiro atoms. The van der Waals surface area contributed by atoms with E-state index in [1.165, 1.54) is 5.56 Å². The van der Waals surface area contributed by atoms with Gasteiger partial charge in [0.15, 0.2) is 5.69 Å². The molecule has 0 bridgehead atoms. The number of carbonyl (C=O) groups is 1. The Morgan fingerprint density at radius 1 is 1.11 bits per heavy atom. The highest BCUT2D eigenvalue weighted by molar-refractivity contribution is 5.92. The van der Waals surface area contributed by atoms with Crippen LogP contribution in [0.4, 0.5) is 5.82 Å². The van der Waals surface area contributed by atoms with Crippen LogP contribution in [0, 0.1) is 5.92 Å². The molecule has 6 heteroatoms. The Balaban J connectivity index is 1.63. The van der Waals surface area contributed by atoms with Gasteiger partial charge in [-0.3, -0.25) is 4.79 Å². The fourth-order valence-corrected chi connectivity index (χ4v) is 3.25. The normalized spacial score (nSPS) is 16.1. The summed E-state index contributed by atoms with van der Waals surface area (Å²) in [4.78, 5) is 12.3. The molecule has 1 aromatic carbocycles. The molecule has 1 atom stereocenters. The molecule has 2 heterocycles. The lowest BCUT2D eigenvalue weighted by Gasteiger charge is -2.23. The third-order valence-electron chi connectivity index (χ3n) is 4.68. The molecule has 1 amide bonds. The average Bonchev–Trinajstić information content (AvgIpc) is 2.69. The highest BCUT2D eigenvalue weighted by Crippen LogP contribution is 2.24. The van der Waals surface area contributed by atoms with Crippen molar-refractivity contribution < 1.29 is 9.53 Å². The van der Waals surface area contributed by atoms with Crippen LogP contribution in [0.25, 0.3) is 0 Å². The number of hydrogen-bond acceptors (Lipinski definition) is 5. The van der Waals surface area contributed by atoms with E-state index in [0.29, 0.717) is 30.6 Å². The highest BCUT2D eigenvalue weighted by atomic mass is 16.5. The quantitative estimate of drug-likeness (QED) is 0.781. The molecule has 1 aliphatic heterocycles. The summed E-state index contributed by atoms with van der Waals surface area (Å²) in [5, 5.41) is 14.8. The monoisotopic (exact) mass is 368 g/mol. The summed E-state index contributed by atoms with van der Waals surface area (Å²) in [5.74, 6) is 1.04.